The van der Waals surface area contributed by atoms with Gasteiger partial charge in [-0.1, -0.05) is 18.7 Å². The van der Waals surface area contributed by atoms with Crippen molar-refractivity contribution >= 4 is 56.5 Å². The molecule has 2 amide bonds. The fraction of sp³-hybridized carbons (Fsp3) is 0.333. The number of hydrogen-bond donors (Lipinski definition) is 2. The van der Waals surface area contributed by atoms with Crippen LogP contribution in [0, 0.1) is 13.8 Å². The Morgan fingerprint density at radius 2 is 1.72 bits per heavy atom. The number of carbonyl (C=O) groups excluding carboxylic acids is 2. The second-order valence-corrected chi connectivity index (χ2v) is 8.92. The predicted octanol–water partition coefficient (Wildman–Crippen LogP) is 4.95. The van der Waals surface area contributed by atoms with E-state index in [1.165, 1.54) is 29.1 Å². The molecule has 0 aliphatic carbocycles. The minimum absolute atomic E-state index is 0.101. The average Bonchev–Trinajstić information content (AvgIpc) is 2.95. The Morgan fingerprint density at radius 1 is 1.07 bits per heavy atom. The van der Waals surface area contributed by atoms with Crippen LogP contribution in [0.15, 0.2) is 29.3 Å². The number of nitrogens with one attached hydrogen (secondary N) is 2. The van der Waals surface area contributed by atoms with Gasteiger partial charge in [-0.15, -0.1) is 11.3 Å². The van der Waals surface area contributed by atoms with Crippen molar-refractivity contribution in [3.63, 3.8) is 0 Å². The van der Waals surface area contributed by atoms with E-state index >= 15 is 0 Å². The smallest absolute Gasteiger partial charge is 0.234 e. The van der Waals surface area contributed by atoms with Crippen molar-refractivity contribution in [1.29, 1.82) is 0 Å². The van der Waals surface area contributed by atoms with E-state index in [2.05, 4.69) is 31.4 Å². The Balaban J connectivity index is 1.71. The van der Waals surface area contributed by atoms with Gasteiger partial charge < -0.3 is 10.6 Å². The monoisotopic (exact) mass is 428 g/mol. The summed E-state index contributed by atoms with van der Waals surface area (Å²) in [6.45, 7) is 7.74. The van der Waals surface area contributed by atoms with Gasteiger partial charge in [-0.3, -0.25) is 9.59 Å². The van der Waals surface area contributed by atoms with Gasteiger partial charge in [0, 0.05) is 35.0 Å². The molecule has 0 radical (unpaired) electrons. The van der Waals surface area contributed by atoms with Crippen LogP contribution in [-0.2, 0) is 16.0 Å². The number of fused-ring (bicyclic) bond motifs is 1. The number of benzene rings is 1. The number of rotatable bonds is 7. The summed E-state index contributed by atoms with van der Waals surface area (Å²) < 4.78 is 0. The van der Waals surface area contributed by atoms with Gasteiger partial charge in [-0.2, -0.15) is 0 Å². The molecular weight excluding hydrogens is 404 g/mol. The van der Waals surface area contributed by atoms with E-state index in [4.69, 9.17) is 9.97 Å². The van der Waals surface area contributed by atoms with E-state index in [1.807, 2.05) is 0 Å². The second kappa shape index (κ2) is 9.37. The Hall–Kier alpha value is -2.45. The molecule has 0 saturated heterocycles. The first-order chi connectivity index (χ1) is 13.9. The molecule has 6 nitrogen and oxygen atoms in total. The highest BCUT2D eigenvalue weighted by molar-refractivity contribution is 8.00. The molecule has 0 spiro atoms. The lowest BCUT2D eigenvalue weighted by Crippen LogP contribution is -2.14. The highest BCUT2D eigenvalue weighted by atomic mass is 32.2. The number of thiophene rings is 1. The minimum atomic E-state index is -0.129. The molecule has 29 heavy (non-hydrogen) atoms. The SMILES string of the molecule is CCCc1nc(SCC(=O)Nc2ccc(NC(C)=O)cc2)c2c(C)c(C)sc2n1. The minimum Gasteiger partial charge on any atom is -0.326 e. The van der Waals surface area contributed by atoms with Crippen LogP contribution in [0.25, 0.3) is 10.2 Å². The number of amides is 2. The normalized spacial score (nSPS) is 10.9. The van der Waals surface area contributed by atoms with Crippen molar-refractivity contribution in [3.05, 3.63) is 40.5 Å². The highest BCUT2D eigenvalue weighted by Crippen LogP contribution is 2.35. The van der Waals surface area contributed by atoms with Gasteiger partial charge in [0.2, 0.25) is 11.8 Å². The van der Waals surface area contributed by atoms with Crippen molar-refractivity contribution < 1.29 is 9.59 Å². The van der Waals surface area contributed by atoms with Crippen LogP contribution in [-0.4, -0.2) is 27.5 Å². The van der Waals surface area contributed by atoms with Crippen molar-refractivity contribution in [2.45, 2.75) is 45.6 Å². The molecule has 0 saturated carbocycles. The molecule has 8 heteroatoms. The number of nitrogens with zero attached hydrogens (tertiary/aromatic N) is 2. The molecule has 2 N–H and O–H groups in total. The highest BCUT2D eigenvalue weighted by Gasteiger charge is 2.16. The van der Waals surface area contributed by atoms with Crippen LogP contribution in [0.5, 0.6) is 0 Å². The van der Waals surface area contributed by atoms with Gasteiger partial charge >= 0.3 is 0 Å². The van der Waals surface area contributed by atoms with Crippen LogP contribution in [0.3, 0.4) is 0 Å². The molecule has 0 aliphatic rings. The third kappa shape index (κ3) is 5.33. The lowest BCUT2D eigenvalue weighted by Gasteiger charge is -2.08. The summed E-state index contributed by atoms with van der Waals surface area (Å²) in [6, 6.07) is 7.05. The molecular formula is C21H24N4O2S2. The van der Waals surface area contributed by atoms with Crippen LogP contribution in [0.2, 0.25) is 0 Å². The van der Waals surface area contributed by atoms with Gasteiger partial charge in [0.15, 0.2) is 0 Å². The fourth-order valence-electron chi connectivity index (χ4n) is 2.87. The zero-order chi connectivity index (χ0) is 21.0. The first-order valence-corrected chi connectivity index (χ1v) is 11.2. The Bertz CT molecular complexity index is 1050. The van der Waals surface area contributed by atoms with Gasteiger partial charge in [-0.05, 0) is 50.1 Å². The number of anilines is 2. The van der Waals surface area contributed by atoms with Gasteiger partial charge in [-0.25, -0.2) is 9.97 Å². The third-order valence-corrected chi connectivity index (χ3v) is 6.42. The summed E-state index contributed by atoms with van der Waals surface area (Å²) in [5, 5.41) is 7.52. The molecule has 0 unspecified atom stereocenters. The maximum Gasteiger partial charge on any atom is 0.234 e. The second-order valence-electron chi connectivity index (χ2n) is 6.75. The van der Waals surface area contributed by atoms with Crippen molar-refractivity contribution in [1.82, 2.24) is 9.97 Å². The van der Waals surface area contributed by atoms with Crippen molar-refractivity contribution in [3.8, 4) is 0 Å². The molecule has 2 heterocycles. The number of aryl methyl sites for hydroxylation is 3. The van der Waals surface area contributed by atoms with E-state index < -0.39 is 0 Å². The molecule has 0 fully saturated rings. The summed E-state index contributed by atoms with van der Waals surface area (Å²) in [6.07, 6.45) is 1.81. The maximum atomic E-state index is 12.4. The molecule has 1 aromatic carbocycles. The Kier molecular flexibility index (Phi) is 6.87. The standard InChI is InChI=1S/C21H24N4O2S2/c1-5-6-17-24-20(19-12(2)13(3)29-21(19)25-17)28-11-18(27)23-16-9-7-15(8-10-16)22-14(4)26/h7-10H,5-6,11H2,1-4H3,(H,22,26)(H,23,27). The van der Waals surface area contributed by atoms with E-state index in [0.29, 0.717) is 11.4 Å². The average molecular weight is 429 g/mol. The van der Waals surface area contributed by atoms with E-state index in [-0.39, 0.29) is 17.6 Å². The van der Waals surface area contributed by atoms with Crippen LogP contribution >= 0.6 is 23.1 Å². The Morgan fingerprint density at radius 3 is 2.34 bits per heavy atom. The molecule has 0 atom stereocenters. The summed E-state index contributed by atoms with van der Waals surface area (Å²) >= 11 is 3.12. The molecule has 0 aliphatic heterocycles. The van der Waals surface area contributed by atoms with E-state index in [9.17, 15) is 9.59 Å². The molecule has 152 valence electrons. The lowest BCUT2D eigenvalue weighted by molar-refractivity contribution is -0.114. The molecule has 3 rings (SSSR count). The van der Waals surface area contributed by atoms with Gasteiger partial charge in [0.1, 0.15) is 15.7 Å². The van der Waals surface area contributed by atoms with Gasteiger partial charge in [0.05, 0.1) is 5.75 Å². The summed E-state index contributed by atoms with van der Waals surface area (Å²) in [5.74, 6) is 0.864. The Labute approximate surface area is 178 Å². The van der Waals surface area contributed by atoms with Crippen LogP contribution < -0.4 is 10.6 Å². The molecule has 0 bridgehead atoms. The number of thioether (sulfide) groups is 1. The van der Waals surface area contributed by atoms with Crippen molar-refractivity contribution in [2.24, 2.45) is 0 Å². The molecule has 2 aromatic heterocycles. The maximum absolute atomic E-state index is 12.4. The molecule has 3 aromatic rings. The fourth-order valence-corrected chi connectivity index (χ4v) is 4.88. The number of carbonyl (C=O) groups is 2. The van der Waals surface area contributed by atoms with E-state index in [0.717, 1.165) is 33.9 Å². The van der Waals surface area contributed by atoms with Gasteiger partial charge in [0.25, 0.3) is 0 Å². The summed E-state index contributed by atoms with van der Waals surface area (Å²) in [5.41, 5.74) is 2.57. The first kappa shape index (κ1) is 21.3. The lowest BCUT2D eigenvalue weighted by atomic mass is 10.2. The summed E-state index contributed by atoms with van der Waals surface area (Å²) in [4.78, 5) is 35.2. The zero-order valence-corrected chi connectivity index (χ0v) is 18.6. The third-order valence-electron chi connectivity index (χ3n) is 4.34. The number of hydrogen-bond acceptors (Lipinski definition) is 6. The van der Waals surface area contributed by atoms with Crippen molar-refractivity contribution in [2.75, 3.05) is 16.4 Å². The zero-order valence-electron chi connectivity index (χ0n) is 17.0. The van der Waals surface area contributed by atoms with Crippen LogP contribution in [0.4, 0.5) is 11.4 Å². The number of aromatic nitrogens is 2. The summed E-state index contributed by atoms with van der Waals surface area (Å²) in [7, 11) is 0. The largest absolute Gasteiger partial charge is 0.326 e. The van der Waals surface area contributed by atoms with Crippen LogP contribution in [0.1, 0.15) is 36.5 Å². The topological polar surface area (TPSA) is 84.0 Å². The van der Waals surface area contributed by atoms with E-state index in [1.54, 1.807) is 35.6 Å². The quantitative estimate of drug-likeness (QED) is 0.411. The first-order valence-electron chi connectivity index (χ1n) is 9.44. The predicted molar refractivity (Wildman–Crippen MR) is 121 cm³/mol.